The predicted octanol–water partition coefficient (Wildman–Crippen LogP) is 4.59. The molecule has 0 aliphatic carbocycles. The number of fused-ring (bicyclic) bond motifs is 1. The third-order valence-electron chi connectivity index (χ3n) is 5.34. The van der Waals surface area contributed by atoms with Crippen molar-refractivity contribution < 1.29 is 19.1 Å². The van der Waals surface area contributed by atoms with E-state index in [0.717, 1.165) is 37.3 Å². The number of nitrogens with zero attached hydrogens (tertiary/aromatic N) is 1. The molecule has 27 heavy (non-hydrogen) atoms. The Labute approximate surface area is 159 Å². The minimum atomic E-state index is -0.159. The normalized spacial score (nSPS) is 19.2. The van der Waals surface area contributed by atoms with E-state index in [1.807, 2.05) is 26.0 Å². The highest BCUT2D eigenvalue weighted by Gasteiger charge is 2.34. The average Bonchev–Trinajstić information content (AvgIpc) is 3.06. The van der Waals surface area contributed by atoms with Crippen LogP contribution in [0, 0.1) is 13.8 Å². The second-order valence-electron chi connectivity index (χ2n) is 7.47. The highest BCUT2D eigenvalue weighted by molar-refractivity contribution is 6.15. The van der Waals surface area contributed by atoms with Crippen LogP contribution >= 0.6 is 0 Å². The van der Waals surface area contributed by atoms with Gasteiger partial charge in [0.1, 0.15) is 23.0 Å². The molecule has 0 saturated carbocycles. The van der Waals surface area contributed by atoms with Crippen molar-refractivity contribution in [1.29, 1.82) is 0 Å². The number of benzene rings is 1. The Morgan fingerprint density at radius 1 is 1.15 bits per heavy atom. The van der Waals surface area contributed by atoms with Crippen LogP contribution in [-0.4, -0.2) is 28.9 Å². The number of carbonyl (C=O) groups excluding carboxylic acids is 1. The van der Waals surface area contributed by atoms with E-state index in [1.165, 1.54) is 12.8 Å². The first-order chi connectivity index (χ1) is 13.0. The van der Waals surface area contributed by atoms with Crippen LogP contribution in [0.4, 0.5) is 0 Å². The van der Waals surface area contributed by atoms with Crippen molar-refractivity contribution in [2.45, 2.75) is 46.1 Å². The first-order valence-electron chi connectivity index (χ1n) is 9.61. The van der Waals surface area contributed by atoms with Crippen molar-refractivity contribution in [2.24, 2.45) is 0 Å². The molecule has 0 spiro atoms. The van der Waals surface area contributed by atoms with Gasteiger partial charge in [0.15, 0.2) is 5.76 Å². The van der Waals surface area contributed by atoms with Gasteiger partial charge in [-0.3, -0.25) is 9.69 Å². The summed E-state index contributed by atoms with van der Waals surface area (Å²) >= 11 is 0. The second-order valence-corrected chi connectivity index (χ2v) is 7.47. The number of aromatic hydroxyl groups is 1. The summed E-state index contributed by atoms with van der Waals surface area (Å²) < 4.78 is 11.5. The zero-order chi connectivity index (χ0) is 19.0. The van der Waals surface area contributed by atoms with E-state index in [9.17, 15) is 9.90 Å². The molecule has 2 aliphatic rings. The van der Waals surface area contributed by atoms with Crippen molar-refractivity contribution in [3.8, 4) is 11.5 Å². The van der Waals surface area contributed by atoms with Crippen LogP contribution in [0.15, 0.2) is 28.4 Å². The predicted molar refractivity (Wildman–Crippen MR) is 103 cm³/mol. The molecule has 2 aliphatic heterocycles. The van der Waals surface area contributed by atoms with Gasteiger partial charge in [-0.2, -0.15) is 0 Å². The second kappa shape index (κ2) is 7.24. The molecule has 0 amide bonds. The topological polar surface area (TPSA) is 62.9 Å². The van der Waals surface area contributed by atoms with Gasteiger partial charge < -0.3 is 14.3 Å². The number of hydrogen-bond acceptors (Lipinski definition) is 5. The Kier molecular flexibility index (Phi) is 4.79. The number of allylic oxidation sites excluding steroid dienone is 1. The van der Waals surface area contributed by atoms with Gasteiger partial charge in [-0.1, -0.05) is 12.8 Å². The molecule has 0 bridgehead atoms. The van der Waals surface area contributed by atoms with Crippen LogP contribution in [0.25, 0.3) is 6.08 Å². The number of Topliss-reactive ketones (excluding diaryl/α,β-unsaturated/α-hetero) is 1. The van der Waals surface area contributed by atoms with Gasteiger partial charge in [0.05, 0.1) is 11.1 Å². The van der Waals surface area contributed by atoms with E-state index in [0.29, 0.717) is 29.2 Å². The maximum absolute atomic E-state index is 12.9. The van der Waals surface area contributed by atoms with E-state index in [4.69, 9.17) is 9.15 Å². The number of aryl methyl sites for hydroxylation is 2. The highest BCUT2D eigenvalue weighted by atomic mass is 16.5. The molecule has 1 saturated heterocycles. The van der Waals surface area contributed by atoms with Crippen molar-refractivity contribution in [3.05, 3.63) is 52.2 Å². The zero-order valence-corrected chi connectivity index (χ0v) is 15.9. The monoisotopic (exact) mass is 367 g/mol. The molecule has 142 valence electrons. The number of ketones is 1. The molecular formula is C22H25NO4. The molecule has 0 atom stereocenters. The Balaban J connectivity index is 1.69. The van der Waals surface area contributed by atoms with Gasteiger partial charge in [-0.25, -0.2) is 0 Å². The first kappa shape index (κ1) is 17.9. The molecular weight excluding hydrogens is 342 g/mol. The van der Waals surface area contributed by atoms with Crippen molar-refractivity contribution in [2.75, 3.05) is 13.1 Å². The molecule has 5 heteroatoms. The third kappa shape index (κ3) is 3.52. The number of rotatable bonds is 3. The van der Waals surface area contributed by atoms with E-state index >= 15 is 0 Å². The fourth-order valence-corrected chi connectivity index (χ4v) is 3.91. The molecule has 1 aromatic heterocycles. The number of phenolic OH excluding ortho intramolecular Hbond substituents is 1. The van der Waals surface area contributed by atoms with Gasteiger partial charge >= 0.3 is 0 Å². The number of phenols is 1. The Hall–Kier alpha value is -2.53. The van der Waals surface area contributed by atoms with Crippen LogP contribution in [0.5, 0.6) is 11.5 Å². The fraction of sp³-hybridized carbons (Fsp3) is 0.409. The maximum Gasteiger partial charge on any atom is 0.232 e. The molecule has 1 aromatic carbocycles. The summed E-state index contributed by atoms with van der Waals surface area (Å²) in [4.78, 5) is 15.2. The highest BCUT2D eigenvalue weighted by Crippen LogP contribution is 2.42. The van der Waals surface area contributed by atoms with Crippen LogP contribution in [0.1, 0.15) is 58.7 Å². The van der Waals surface area contributed by atoms with Crippen LogP contribution in [0.2, 0.25) is 0 Å². The Bertz CT molecular complexity index is 901. The molecule has 5 nitrogen and oxygen atoms in total. The van der Waals surface area contributed by atoms with Crippen LogP contribution in [-0.2, 0) is 6.54 Å². The number of hydrogen-bond donors (Lipinski definition) is 1. The van der Waals surface area contributed by atoms with Gasteiger partial charge in [0.25, 0.3) is 0 Å². The van der Waals surface area contributed by atoms with Crippen LogP contribution in [0.3, 0.4) is 0 Å². The molecule has 1 N–H and O–H groups in total. The smallest absolute Gasteiger partial charge is 0.232 e. The number of ether oxygens (including phenoxy) is 1. The van der Waals surface area contributed by atoms with E-state index < -0.39 is 0 Å². The molecule has 2 aromatic rings. The largest absolute Gasteiger partial charge is 0.507 e. The lowest BCUT2D eigenvalue weighted by atomic mass is 9.99. The van der Waals surface area contributed by atoms with E-state index in [-0.39, 0.29) is 17.3 Å². The van der Waals surface area contributed by atoms with Crippen LogP contribution < -0.4 is 4.74 Å². The summed E-state index contributed by atoms with van der Waals surface area (Å²) in [6.07, 6.45) is 6.45. The minimum absolute atomic E-state index is 0.159. The fourth-order valence-electron chi connectivity index (χ4n) is 3.91. The molecule has 3 heterocycles. The van der Waals surface area contributed by atoms with E-state index in [1.54, 1.807) is 12.1 Å². The van der Waals surface area contributed by atoms with Gasteiger partial charge in [-0.15, -0.1) is 0 Å². The Morgan fingerprint density at radius 2 is 1.89 bits per heavy atom. The van der Waals surface area contributed by atoms with E-state index in [2.05, 4.69) is 4.90 Å². The van der Waals surface area contributed by atoms with Crippen molar-refractivity contribution >= 4 is 11.9 Å². The first-order valence-corrected chi connectivity index (χ1v) is 9.61. The zero-order valence-electron chi connectivity index (χ0n) is 15.9. The lowest BCUT2D eigenvalue weighted by Crippen LogP contribution is -2.24. The van der Waals surface area contributed by atoms with Gasteiger partial charge in [0.2, 0.25) is 5.78 Å². The number of carbonyl (C=O) groups is 1. The van der Waals surface area contributed by atoms with Gasteiger partial charge in [-0.05, 0) is 63.5 Å². The SMILES string of the molecule is Cc1ccc(/C=C2\Oc3c(CN4CCCCCC4)c(O)cc(C)c3C2=O)o1. The molecule has 0 unspecified atom stereocenters. The number of likely N-dealkylation sites (tertiary alicyclic amines) is 1. The van der Waals surface area contributed by atoms with Crippen molar-refractivity contribution in [3.63, 3.8) is 0 Å². The standard InChI is InChI=1S/C22H25NO4/c1-14-11-18(24)17(13-23-9-5-3-4-6-10-23)22-20(14)21(25)19(27-22)12-16-8-7-15(2)26-16/h7-8,11-12,24H,3-6,9-10,13H2,1-2H3/b19-12-. The summed E-state index contributed by atoms with van der Waals surface area (Å²) in [6.45, 7) is 6.29. The summed E-state index contributed by atoms with van der Waals surface area (Å²) in [7, 11) is 0. The Morgan fingerprint density at radius 3 is 2.56 bits per heavy atom. The molecule has 1 fully saturated rings. The quantitative estimate of drug-likeness (QED) is 0.804. The average molecular weight is 367 g/mol. The summed E-state index contributed by atoms with van der Waals surface area (Å²) in [6, 6.07) is 5.33. The maximum atomic E-state index is 12.9. The summed E-state index contributed by atoms with van der Waals surface area (Å²) in [5, 5.41) is 10.6. The van der Waals surface area contributed by atoms with Crippen molar-refractivity contribution in [1.82, 2.24) is 4.90 Å². The molecule has 0 radical (unpaired) electrons. The summed E-state index contributed by atoms with van der Waals surface area (Å²) in [5.41, 5.74) is 1.98. The third-order valence-corrected chi connectivity index (χ3v) is 5.34. The number of furan rings is 1. The van der Waals surface area contributed by atoms with Gasteiger partial charge in [0, 0.05) is 12.6 Å². The lowest BCUT2D eigenvalue weighted by Gasteiger charge is -2.21. The molecule has 4 rings (SSSR count). The minimum Gasteiger partial charge on any atom is -0.507 e. The lowest BCUT2D eigenvalue weighted by molar-refractivity contribution is 0.101. The summed E-state index contributed by atoms with van der Waals surface area (Å²) in [5.74, 6) is 2.13.